The monoisotopic (exact) mass is 392 g/mol. The molecule has 0 N–H and O–H groups in total. The third kappa shape index (κ3) is 4.52. The van der Waals surface area contributed by atoms with Crippen molar-refractivity contribution in [3.63, 3.8) is 0 Å². The van der Waals surface area contributed by atoms with Gasteiger partial charge in [-0.15, -0.1) is 0 Å². The summed E-state index contributed by atoms with van der Waals surface area (Å²) in [5.41, 5.74) is 2.12. The summed E-state index contributed by atoms with van der Waals surface area (Å²) in [6, 6.07) is 8.96. The number of hydrogen-bond acceptors (Lipinski definition) is 4. The van der Waals surface area contributed by atoms with Crippen molar-refractivity contribution in [2.24, 2.45) is 0 Å². The van der Waals surface area contributed by atoms with Gasteiger partial charge in [-0.3, -0.25) is 4.79 Å². The predicted octanol–water partition coefficient (Wildman–Crippen LogP) is 3.12. The molecule has 26 heavy (non-hydrogen) atoms. The summed E-state index contributed by atoms with van der Waals surface area (Å²) in [6.45, 7) is 1.83. The van der Waals surface area contributed by atoms with Crippen LogP contribution in [0.4, 0.5) is 0 Å². The van der Waals surface area contributed by atoms with Crippen LogP contribution in [-0.2, 0) is 27.8 Å². The van der Waals surface area contributed by atoms with Crippen LogP contribution in [-0.4, -0.2) is 43.7 Å². The molecule has 1 aliphatic rings. The number of sulfonamides is 1. The lowest BCUT2D eigenvalue weighted by atomic mass is 10.1. The average Bonchev–Trinajstić information content (AvgIpc) is 3.34. The number of amides is 1. The molecule has 1 aromatic carbocycles. The zero-order valence-corrected chi connectivity index (χ0v) is 16.6. The van der Waals surface area contributed by atoms with Crippen molar-refractivity contribution in [3.05, 3.63) is 52.2 Å². The zero-order chi connectivity index (χ0) is 18.6. The highest BCUT2D eigenvalue weighted by atomic mass is 32.2. The van der Waals surface area contributed by atoms with Crippen LogP contribution in [0.1, 0.15) is 30.4 Å². The SMILES string of the molecule is CN(Cc1ccsc1)C(=O)CCc1ccc(S(=O)(=O)N2CCCC2)cc1. The third-order valence-corrected chi connectivity index (χ3v) is 7.32. The second-order valence-corrected chi connectivity index (χ2v) is 9.35. The fourth-order valence-electron chi connectivity index (χ4n) is 3.09. The van der Waals surface area contributed by atoms with Gasteiger partial charge in [0.25, 0.3) is 0 Å². The zero-order valence-electron chi connectivity index (χ0n) is 14.9. The first-order valence-electron chi connectivity index (χ1n) is 8.81. The lowest BCUT2D eigenvalue weighted by Crippen LogP contribution is -2.27. The third-order valence-electron chi connectivity index (χ3n) is 4.68. The average molecular weight is 393 g/mol. The number of rotatable bonds is 7. The first kappa shape index (κ1) is 19.1. The van der Waals surface area contributed by atoms with Crippen LogP contribution in [0.15, 0.2) is 46.0 Å². The van der Waals surface area contributed by atoms with E-state index in [0.29, 0.717) is 37.4 Å². The molecule has 1 saturated heterocycles. The summed E-state index contributed by atoms with van der Waals surface area (Å²) in [4.78, 5) is 14.3. The van der Waals surface area contributed by atoms with Gasteiger partial charge in [0.1, 0.15) is 0 Å². The Hall–Kier alpha value is -1.70. The second kappa shape index (κ2) is 8.33. The molecule has 0 spiro atoms. The van der Waals surface area contributed by atoms with Gasteiger partial charge >= 0.3 is 0 Å². The number of hydrogen-bond donors (Lipinski definition) is 0. The Kier molecular flexibility index (Phi) is 6.11. The van der Waals surface area contributed by atoms with E-state index in [9.17, 15) is 13.2 Å². The Balaban J connectivity index is 1.55. The smallest absolute Gasteiger partial charge is 0.243 e. The molecule has 0 aliphatic carbocycles. The first-order valence-corrected chi connectivity index (χ1v) is 11.2. The van der Waals surface area contributed by atoms with Crippen LogP contribution >= 0.6 is 11.3 Å². The van der Waals surface area contributed by atoms with Crippen molar-refractivity contribution < 1.29 is 13.2 Å². The highest BCUT2D eigenvalue weighted by Crippen LogP contribution is 2.21. The number of nitrogens with zero attached hydrogens (tertiary/aromatic N) is 2. The molecule has 0 saturated carbocycles. The predicted molar refractivity (Wildman–Crippen MR) is 104 cm³/mol. The van der Waals surface area contributed by atoms with Crippen LogP contribution in [0.25, 0.3) is 0 Å². The molecular weight excluding hydrogens is 368 g/mol. The Bertz CT molecular complexity index is 824. The number of aryl methyl sites for hydroxylation is 1. The molecule has 0 unspecified atom stereocenters. The van der Waals surface area contributed by atoms with Crippen LogP contribution in [0.2, 0.25) is 0 Å². The normalized spacial score (nSPS) is 15.3. The Morgan fingerprint density at radius 1 is 1.12 bits per heavy atom. The minimum Gasteiger partial charge on any atom is -0.341 e. The van der Waals surface area contributed by atoms with Crippen LogP contribution < -0.4 is 0 Å². The van der Waals surface area contributed by atoms with E-state index in [1.165, 1.54) is 0 Å². The summed E-state index contributed by atoms with van der Waals surface area (Å²) in [5.74, 6) is 0.0879. The lowest BCUT2D eigenvalue weighted by Gasteiger charge is -2.17. The summed E-state index contributed by atoms with van der Waals surface area (Å²) in [6.07, 6.45) is 2.88. The highest BCUT2D eigenvalue weighted by molar-refractivity contribution is 7.89. The second-order valence-electron chi connectivity index (χ2n) is 6.64. The lowest BCUT2D eigenvalue weighted by molar-refractivity contribution is -0.130. The van der Waals surface area contributed by atoms with Crippen molar-refractivity contribution in [1.29, 1.82) is 0 Å². The van der Waals surface area contributed by atoms with Gasteiger partial charge in [0.2, 0.25) is 15.9 Å². The Morgan fingerprint density at radius 2 is 1.81 bits per heavy atom. The molecule has 1 fully saturated rings. The molecule has 3 rings (SSSR count). The quantitative estimate of drug-likeness (QED) is 0.727. The van der Waals surface area contributed by atoms with Gasteiger partial charge in [-0.25, -0.2) is 8.42 Å². The number of carbonyl (C=O) groups excluding carboxylic acids is 1. The highest BCUT2D eigenvalue weighted by Gasteiger charge is 2.26. The Labute approximate surface area is 159 Å². The molecule has 7 heteroatoms. The van der Waals surface area contributed by atoms with Gasteiger partial charge in [-0.05, 0) is 59.3 Å². The van der Waals surface area contributed by atoms with E-state index in [1.807, 2.05) is 36.0 Å². The van der Waals surface area contributed by atoms with Crippen molar-refractivity contribution in [1.82, 2.24) is 9.21 Å². The Morgan fingerprint density at radius 3 is 2.42 bits per heavy atom. The van der Waals surface area contributed by atoms with Crippen molar-refractivity contribution in [2.75, 3.05) is 20.1 Å². The largest absolute Gasteiger partial charge is 0.341 e. The maximum Gasteiger partial charge on any atom is 0.243 e. The van der Waals surface area contributed by atoms with E-state index < -0.39 is 10.0 Å². The maximum absolute atomic E-state index is 12.5. The minimum atomic E-state index is -3.37. The molecule has 0 atom stereocenters. The molecule has 1 amide bonds. The van der Waals surface area contributed by atoms with Crippen LogP contribution in [0, 0.1) is 0 Å². The molecule has 0 bridgehead atoms. The van der Waals surface area contributed by atoms with Crippen molar-refractivity contribution >= 4 is 27.3 Å². The topological polar surface area (TPSA) is 57.7 Å². The van der Waals surface area contributed by atoms with Gasteiger partial charge in [0, 0.05) is 33.1 Å². The summed E-state index contributed by atoms with van der Waals surface area (Å²) in [7, 11) is -1.56. The van der Waals surface area contributed by atoms with E-state index in [2.05, 4.69) is 0 Å². The molecule has 5 nitrogen and oxygen atoms in total. The maximum atomic E-state index is 12.5. The number of thiophene rings is 1. The van der Waals surface area contributed by atoms with Crippen molar-refractivity contribution in [2.45, 2.75) is 37.1 Å². The fraction of sp³-hybridized carbons (Fsp3) is 0.421. The number of carbonyl (C=O) groups is 1. The van der Waals surface area contributed by atoms with E-state index in [4.69, 9.17) is 0 Å². The molecular formula is C19H24N2O3S2. The molecule has 0 radical (unpaired) electrons. The van der Waals surface area contributed by atoms with Gasteiger partial charge in [0.05, 0.1) is 4.90 Å². The standard InChI is InChI=1S/C19H24N2O3S2/c1-20(14-17-10-13-25-15-17)19(22)9-6-16-4-7-18(8-5-16)26(23,24)21-11-2-3-12-21/h4-5,7-8,10,13,15H,2-3,6,9,11-12,14H2,1H3. The molecule has 2 heterocycles. The van der Waals surface area contributed by atoms with E-state index >= 15 is 0 Å². The first-order chi connectivity index (χ1) is 12.5. The summed E-state index contributed by atoms with van der Waals surface area (Å²) < 4.78 is 26.6. The molecule has 1 aromatic heterocycles. The van der Waals surface area contributed by atoms with Gasteiger partial charge in [0.15, 0.2) is 0 Å². The van der Waals surface area contributed by atoms with Crippen LogP contribution in [0.5, 0.6) is 0 Å². The summed E-state index contributed by atoms with van der Waals surface area (Å²) >= 11 is 1.63. The molecule has 2 aromatic rings. The van der Waals surface area contributed by atoms with Gasteiger partial charge in [-0.2, -0.15) is 15.6 Å². The van der Waals surface area contributed by atoms with Crippen LogP contribution in [0.3, 0.4) is 0 Å². The van der Waals surface area contributed by atoms with Gasteiger partial charge < -0.3 is 4.90 Å². The number of benzene rings is 1. The summed E-state index contributed by atoms with van der Waals surface area (Å²) in [5, 5.41) is 4.05. The molecule has 1 aliphatic heterocycles. The molecule has 140 valence electrons. The van der Waals surface area contributed by atoms with Crippen molar-refractivity contribution in [3.8, 4) is 0 Å². The van der Waals surface area contributed by atoms with E-state index in [0.717, 1.165) is 24.0 Å². The van der Waals surface area contributed by atoms with Gasteiger partial charge in [-0.1, -0.05) is 12.1 Å². The van der Waals surface area contributed by atoms with E-state index in [-0.39, 0.29) is 5.91 Å². The van der Waals surface area contributed by atoms with E-state index in [1.54, 1.807) is 32.7 Å². The minimum absolute atomic E-state index is 0.0879. The fourth-order valence-corrected chi connectivity index (χ4v) is 5.27.